The van der Waals surface area contributed by atoms with Crippen LogP contribution >= 0.6 is 0 Å². The molecule has 3 amide bonds. The Morgan fingerprint density at radius 3 is 2.42 bits per heavy atom. The molecule has 1 aromatic carbocycles. The van der Waals surface area contributed by atoms with Crippen molar-refractivity contribution in [2.75, 3.05) is 11.9 Å². The van der Waals surface area contributed by atoms with Crippen molar-refractivity contribution in [1.82, 2.24) is 10.6 Å². The molecule has 0 saturated heterocycles. The Morgan fingerprint density at radius 2 is 1.89 bits per heavy atom. The molecule has 0 heterocycles. The topological polar surface area (TPSA) is 70.2 Å². The van der Waals surface area contributed by atoms with E-state index in [1.165, 1.54) is 0 Å². The summed E-state index contributed by atoms with van der Waals surface area (Å²) in [5, 5.41) is 8.05. The molecule has 19 heavy (non-hydrogen) atoms. The quantitative estimate of drug-likeness (QED) is 0.711. The summed E-state index contributed by atoms with van der Waals surface area (Å²) in [6, 6.07) is 6.49. The van der Waals surface area contributed by atoms with Gasteiger partial charge < -0.3 is 16.0 Å². The van der Waals surface area contributed by atoms with Crippen LogP contribution in [-0.2, 0) is 0 Å². The zero-order valence-corrected chi connectivity index (χ0v) is 11.2. The van der Waals surface area contributed by atoms with E-state index in [1.807, 2.05) is 13.8 Å². The van der Waals surface area contributed by atoms with Crippen molar-refractivity contribution in [3.05, 3.63) is 42.5 Å². The van der Waals surface area contributed by atoms with Gasteiger partial charge in [-0.05, 0) is 38.1 Å². The minimum absolute atomic E-state index is 0.0926. The first kappa shape index (κ1) is 14.8. The van der Waals surface area contributed by atoms with Crippen molar-refractivity contribution < 1.29 is 9.59 Å². The smallest absolute Gasteiger partial charge is 0.319 e. The minimum Gasteiger partial charge on any atom is -0.350 e. The third-order valence-corrected chi connectivity index (χ3v) is 2.23. The van der Waals surface area contributed by atoms with Crippen molar-refractivity contribution in [3.63, 3.8) is 0 Å². The lowest BCUT2D eigenvalue weighted by Gasteiger charge is -2.09. The molecule has 0 fully saturated rings. The zero-order valence-electron chi connectivity index (χ0n) is 11.2. The number of amides is 3. The van der Waals surface area contributed by atoms with Gasteiger partial charge in [-0.3, -0.25) is 4.79 Å². The fourth-order valence-corrected chi connectivity index (χ4v) is 1.39. The Hall–Kier alpha value is -2.30. The van der Waals surface area contributed by atoms with Crippen LogP contribution in [0.25, 0.3) is 0 Å². The van der Waals surface area contributed by atoms with E-state index in [-0.39, 0.29) is 18.0 Å². The highest BCUT2D eigenvalue weighted by molar-refractivity contribution is 5.95. The standard InChI is InChI=1S/C14H19N3O2/c1-4-9-15-14(19)17-12-7-5-11(6-8-12)13(18)16-10(2)3/h4-8,10H,1,9H2,2-3H3,(H,16,18)(H2,15,17,19). The molecule has 0 spiro atoms. The predicted octanol–water partition coefficient (Wildman–Crippen LogP) is 2.13. The van der Waals surface area contributed by atoms with E-state index >= 15 is 0 Å². The molecule has 0 unspecified atom stereocenters. The van der Waals surface area contributed by atoms with Gasteiger partial charge in [-0.15, -0.1) is 6.58 Å². The van der Waals surface area contributed by atoms with E-state index in [4.69, 9.17) is 0 Å². The monoisotopic (exact) mass is 261 g/mol. The lowest BCUT2D eigenvalue weighted by molar-refractivity contribution is 0.0943. The molecule has 0 aromatic heterocycles. The summed E-state index contributed by atoms with van der Waals surface area (Å²) in [6.45, 7) is 7.71. The van der Waals surface area contributed by atoms with Gasteiger partial charge in [0.1, 0.15) is 0 Å². The van der Waals surface area contributed by atoms with Crippen molar-refractivity contribution in [2.24, 2.45) is 0 Å². The Morgan fingerprint density at radius 1 is 1.26 bits per heavy atom. The summed E-state index contributed by atoms with van der Waals surface area (Å²) in [6.07, 6.45) is 1.60. The number of carbonyl (C=O) groups is 2. The van der Waals surface area contributed by atoms with Crippen LogP contribution in [0.15, 0.2) is 36.9 Å². The summed E-state index contributed by atoms with van der Waals surface area (Å²) in [7, 11) is 0. The second kappa shape index (κ2) is 7.20. The third kappa shape index (κ3) is 5.25. The molecule has 3 N–H and O–H groups in total. The molecular weight excluding hydrogens is 242 g/mol. The predicted molar refractivity (Wildman–Crippen MR) is 76.3 cm³/mol. The second-order valence-electron chi connectivity index (χ2n) is 4.33. The minimum atomic E-state index is -0.306. The van der Waals surface area contributed by atoms with E-state index in [1.54, 1.807) is 30.3 Å². The second-order valence-corrected chi connectivity index (χ2v) is 4.33. The van der Waals surface area contributed by atoms with Crippen LogP contribution in [0.3, 0.4) is 0 Å². The molecule has 0 radical (unpaired) electrons. The number of hydrogen-bond acceptors (Lipinski definition) is 2. The number of nitrogens with one attached hydrogen (secondary N) is 3. The Balaban J connectivity index is 2.58. The van der Waals surface area contributed by atoms with E-state index < -0.39 is 0 Å². The van der Waals surface area contributed by atoms with Crippen LogP contribution in [-0.4, -0.2) is 24.5 Å². The molecule has 5 nitrogen and oxygen atoms in total. The molecule has 1 rings (SSSR count). The highest BCUT2D eigenvalue weighted by atomic mass is 16.2. The van der Waals surface area contributed by atoms with E-state index in [9.17, 15) is 9.59 Å². The van der Waals surface area contributed by atoms with Crippen LogP contribution in [0.2, 0.25) is 0 Å². The largest absolute Gasteiger partial charge is 0.350 e. The Labute approximate surface area is 113 Å². The number of benzene rings is 1. The fraction of sp³-hybridized carbons (Fsp3) is 0.286. The fourth-order valence-electron chi connectivity index (χ4n) is 1.39. The van der Waals surface area contributed by atoms with Gasteiger partial charge in [-0.1, -0.05) is 6.08 Å². The maximum Gasteiger partial charge on any atom is 0.319 e. The zero-order chi connectivity index (χ0) is 14.3. The molecule has 0 aliphatic rings. The van der Waals surface area contributed by atoms with Gasteiger partial charge in [-0.2, -0.15) is 0 Å². The lowest BCUT2D eigenvalue weighted by Crippen LogP contribution is -2.30. The number of anilines is 1. The molecule has 0 atom stereocenters. The number of hydrogen-bond donors (Lipinski definition) is 3. The first-order valence-corrected chi connectivity index (χ1v) is 6.09. The molecule has 1 aromatic rings. The maximum absolute atomic E-state index is 11.7. The summed E-state index contributed by atoms with van der Waals surface area (Å²) in [5.41, 5.74) is 1.19. The average molecular weight is 261 g/mol. The number of urea groups is 1. The van der Waals surface area contributed by atoms with E-state index in [2.05, 4.69) is 22.5 Å². The summed E-state index contributed by atoms with van der Waals surface area (Å²) < 4.78 is 0. The van der Waals surface area contributed by atoms with Crippen molar-refractivity contribution >= 4 is 17.6 Å². The highest BCUT2D eigenvalue weighted by Crippen LogP contribution is 2.09. The van der Waals surface area contributed by atoms with Gasteiger partial charge in [0, 0.05) is 23.8 Å². The highest BCUT2D eigenvalue weighted by Gasteiger charge is 2.07. The van der Waals surface area contributed by atoms with Crippen LogP contribution < -0.4 is 16.0 Å². The first-order valence-electron chi connectivity index (χ1n) is 6.09. The van der Waals surface area contributed by atoms with Gasteiger partial charge >= 0.3 is 6.03 Å². The molecule has 5 heteroatoms. The molecular formula is C14H19N3O2. The van der Waals surface area contributed by atoms with Gasteiger partial charge in [0.05, 0.1) is 0 Å². The molecule has 0 saturated carbocycles. The van der Waals surface area contributed by atoms with Crippen LogP contribution in [0.1, 0.15) is 24.2 Å². The van der Waals surface area contributed by atoms with Crippen molar-refractivity contribution in [3.8, 4) is 0 Å². The normalized spacial score (nSPS) is 9.84. The van der Waals surface area contributed by atoms with Gasteiger partial charge in [0.15, 0.2) is 0 Å². The van der Waals surface area contributed by atoms with Crippen LogP contribution in [0, 0.1) is 0 Å². The van der Waals surface area contributed by atoms with Gasteiger partial charge in [0.25, 0.3) is 5.91 Å². The van der Waals surface area contributed by atoms with Gasteiger partial charge in [0.2, 0.25) is 0 Å². The summed E-state index contributed by atoms with van der Waals surface area (Å²) in [5.74, 6) is -0.127. The Bertz CT molecular complexity index is 452. The van der Waals surface area contributed by atoms with Crippen LogP contribution in [0.5, 0.6) is 0 Å². The van der Waals surface area contributed by atoms with Gasteiger partial charge in [-0.25, -0.2) is 4.79 Å². The van der Waals surface area contributed by atoms with E-state index in [0.29, 0.717) is 17.8 Å². The molecule has 0 aliphatic heterocycles. The average Bonchev–Trinajstić information content (AvgIpc) is 2.36. The van der Waals surface area contributed by atoms with Crippen molar-refractivity contribution in [2.45, 2.75) is 19.9 Å². The number of rotatable bonds is 5. The summed E-state index contributed by atoms with van der Waals surface area (Å²) >= 11 is 0. The molecule has 0 aliphatic carbocycles. The maximum atomic E-state index is 11.7. The lowest BCUT2D eigenvalue weighted by atomic mass is 10.2. The SMILES string of the molecule is C=CCNC(=O)Nc1ccc(C(=O)NC(C)C)cc1. The molecule has 102 valence electrons. The summed E-state index contributed by atoms with van der Waals surface area (Å²) in [4.78, 5) is 23.1. The van der Waals surface area contributed by atoms with E-state index in [0.717, 1.165) is 0 Å². The first-order chi connectivity index (χ1) is 9.02. The third-order valence-electron chi connectivity index (χ3n) is 2.23. The number of carbonyl (C=O) groups excluding carboxylic acids is 2. The van der Waals surface area contributed by atoms with Crippen LogP contribution in [0.4, 0.5) is 10.5 Å². The molecule has 0 bridgehead atoms. The Kier molecular flexibility index (Phi) is 5.60. The van der Waals surface area contributed by atoms with Crippen molar-refractivity contribution in [1.29, 1.82) is 0 Å².